The minimum absolute atomic E-state index is 0.122. The van der Waals surface area contributed by atoms with Crippen LogP contribution in [-0.2, 0) is 13.2 Å². The summed E-state index contributed by atoms with van der Waals surface area (Å²) in [5, 5.41) is 4.46. The van der Waals surface area contributed by atoms with Crippen LogP contribution in [0.2, 0.25) is 0 Å². The first-order valence-corrected chi connectivity index (χ1v) is 7.09. The van der Waals surface area contributed by atoms with E-state index >= 15 is 0 Å². The molecule has 0 fully saturated rings. The number of aromatic nitrogens is 3. The summed E-state index contributed by atoms with van der Waals surface area (Å²) in [7, 11) is 1.79. The number of nitrogens with two attached hydrogens (primary N) is 1. The maximum atomic E-state index is 12.5. The number of pyridine rings is 1. The van der Waals surface area contributed by atoms with E-state index in [-0.39, 0.29) is 11.3 Å². The van der Waals surface area contributed by atoms with E-state index < -0.39 is 11.7 Å². The van der Waals surface area contributed by atoms with Crippen molar-refractivity contribution >= 4 is 11.8 Å². The van der Waals surface area contributed by atoms with Crippen molar-refractivity contribution in [2.24, 2.45) is 12.8 Å². The summed E-state index contributed by atoms with van der Waals surface area (Å²) in [6.07, 6.45) is 0.000147. The lowest BCUT2D eigenvalue weighted by molar-refractivity contribution is -0.137. The first-order chi connectivity index (χ1) is 9.77. The fourth-order valence-corrected chi connectivity index (χ4v) is 2.81. The Bertz CT molecular complexity index is 592. The minimum Gasteiger partial charge on any atom is -0.327 e. The van der Waals surface area contributed by atoms with Crippen molar-refractivity contribution in [3.63, 3.8) is 0 Å². The zero-order valence-corrected chi connectivity index (χ0v) is 12.3. The van der Waals surface area contributed by atoms with Crippen molar-refractivity contribution in [2.75, 3.05) is 0 Å². The quantitative estimate of drug-likeness (QED) is 0.881. The van der Waals surface area contributed by atoms with E-state index in [0.717, 1.165) is 17.8 Å². The van der Waals surface area contributed by atoms with E-state index in [9.17, 15) is 13.2 Å². The molecule has 114 valence electrons. The predicted molar refractivity (Wildman–Crippen MR) is 74.7 cm³/mol. The largest absolute Gasteiger partial charge is 0.417 e. The van der Waals surface area contributed by atoms with Gasteiger partial charge < -0.3 is 5.73 Å². The molecule has 0 bridgehead atoms. The van der Waals surface area contributed by atoms with E-state index in [1.54, 1.807) is 17.9 Å². The number of thioether (sulfide) groups is 1. The molecule has 0 radical (unpaired) electrons. The van der Waals surface area contributed by atoms with Crippen molar-refractivity contribution in [3.05, 3.63) is 41.9 Å². The summed E-state index contributed by atoms with van der Waals surface area (Å²) in [6.45, 7) is 1.84. The zero-order valence-electron chi connectivity index (χ0n) is 11.5. The van der Waals surface area contributed by atoms with Gasteiger partial charge in [0.25, 0.3) is 0 Å². The second-order valence-electron chi connectivity index (χ2n) is 4.73. The molecule has 21 heavy (non-hydrogen) atoms. The molecule has 2 N–H and O–H groups in total. The van der Waals surface area contributed by atoms with Crippen LogP contribution < -0.4 is 5.73 Å². The minimum atomic E-state index is -4.37. The third-order valence-electron chi connectivity index (χ3n) is 2.84. The lowest BCUT2D eigenvalue weighted by Crippen LogP contribution is -2.22. The SMILES string of the molecule is CC(N)C(Sc1ccc(C(F)(F)F)cn1)c1cnn(C)c1. The second-order valence-corrected chi connectivity index (χ2v) is 5.89. The molecular formula is C13H15F3N4S. The van der Waals surface area contributed by atoms with Crippen LogP contribution in [0.25, 0.3) is 0 Å². The number of alkyl halides is 3. The lowest BCUT2D eigenvalue weighted by Gasteiger charge is -2.18. The number of hydrogen-bond acceptors (Lipinski definition) is 4. The van der Waals surface area contributed by atoms with Crippen molar-refractivity contribution in [3.8, 4) is 0 Å². The van der Waals surface area contributed by atoms with Gasteiger partial charge in [-0.1, -0.05) is 11.8 Å². The molecule has 2 heterocycles. The summed E-state index contributed by atoms with van der Waals surface area (Å²) in [5.74, 6) is 0. The smallest absolute Gasteiger partial charge is 0.327 e. The zero-order chi connectivity index (χ0) is 15.6. The van der Waals surface area contributed by atoms with Crippen molar-refractivity contribution < 1.29 is 13.2 Å². The van der Waals surface area contributed by atoms with E-state index in [1.165, 1.54) is 17.8 Å². The molecule has 4 nitrogen and oxygen atoms in total. The Morgan fingerprint density at radius 3 is 2.43 bits per heavy atom. The van der Waals surface area contributed by atoms with Crippen LogP contribution in [0.15, 0.2) is 35.7 Å². The van der Waals surface area contributed by atoms with Gasteiger partial charge in [0.2, 0.25) is 0 Å². The summed E-state index contributed by atoms with van der Waals surface area (Å²) in [4.78, 5) is 3.86. The Labute approximate surface area is 124 Å². The van der Waals surface area contributed by atoms with Crippen LogP contribution in [0, 0.1) is 0 Å². The number of nitrogens with zero attached hydrogens (tertiary/aromatic N) is 3. The van der Waals surface area contributed by atoms with Gasteiger partial charge in [-0.2, -0.15) is 18.3 Å². The van der Waals surface area contributed by atoms with Crippen LogP contribution in [0.4, 0.5) is 13.2 Å². The van der Waals surface area contributed by atoms with E-state index in [4.69, 9.17) is 5.73 Å². The van der Waals surface area contributed by atoms with Gasteiger partial charge in [0, 0.05) is 31.0 Å². The molecule has 2 aromatic rings. The topological polar surface area (TPSA) is 56.7 Å². The maximum absolute atomic E-state index is 12.5. The fourth-order valence-electron chi connectivity index (χ4n) is 1.81. The number of aryl methyl sites for hydroxylation is 1. The van der Waals surface area contributed by atoms with E-state index in [0.29, 0.717) is 5.03 Å². The first-order valence-electron chi connectivity index (χ1n) is 6.21. The van der Waals surface area contributed by atoms with Gasteiger partial charge in [-0.05, 0) is 19.1 Å². The Kier molecular flexibility index (Phi) is 4.58. The highest BCUT2D eigenvalue weighted by Gasteiger charge is 2.31. The summed E-state index contributed by atoms with van der Waals surface area (Å²) in [5.41, 5.74) is 6.12. The van der Waals surface area contributed by atoms with Gasteiger partial charge in [0.05, 0.1) is 22.0 Å². The van der Waals surface area contributed by atoms with Gasteiger partial charge in [-0.3, -0.25) is 4.68 Å². The van der Waals surface area contributed by atoms with Gasteiger partial charge in [-0.25, -0.2) is 4.98 Å². The average Bonchev–Trinajstić information content (AvgIpc) is 2.81. The molecule has 8 heteroatoms. The molecule has 2 atom stereocenters. The molecule has 2 aromatic heterocycles. The summed E-state index contributed by atoms with van der Waals surface area (Å²) in [6, 6.07) is 2.19. The van der Waals surface area contributed by atoms with Crippen molar-refractivity contribution in [1.82, 2.24) is 14.8 Å². The monoisotopic (exact) mass is 316 g/mol. The molecule has 2 rings (SSSR count). The normalized spacial score (nSPS) is 15.0. The second kappa shape index (κ2) is 6.07. The molecule has 0 saturated carbocycles. The fraction of sp³-hybridized carbons (Fsp3) is 0.385. The average molecular weight is 316 g/mol. The van der Waals surface area contributed by atoms with Crippen molar-refractivity contribution in [1.29, 1.82) is 0 Å². The third-order valence-corrected chi connectivity index (χ3v) is 4.28. The molecule has 0 aliphatic rings. The Balaban J connectivity index is 2.18. The van der Waals surface area contributed by atoms with Crippen LogP contribution >= 0.6 is 11.8 Å². The Hall–Kier alpha value is -1.54. The van der Waals surface area contributed by atoms with Crippen LogP contribution in [0.3, 0.4) is 0 Å². The highest BCUT2D eigenvalue weighted by atomic mass is 32.2. The van der Waals surface area contributed by atoms with Gasteiger partial charge in [0.15, 0.2) is 0 Å². The van der Waals surface area contributed by atoms with Gasteiger partial charge in [-0.15, -0.1) is 0 Å². The van der Waals surface area contributed by atoms with Crippen LogP contribution in [-0.4, -0.2) is 20.8 Å². The lowest BCUT2D eigenvalue weighted by atomic mass is 10.1. The molecule has 2 unspecified atom stereocenters. The molecule has 0 aromatic carbocycles. The Morgan fingerprint density at radius 2 is 2.00 bits per heavy atom. The van der Waals surface area contributed by atoms with Gasteiger partial charge in [0.1, 0.15) is 0 Å². The highest BCUT2D eigenvalue weighted by Crippen LogP contribution is 2.37. The third kappa shape index (κ3) is 3.98. The van der Waals surface area contributed by atoms with Gasteiger partial charge >= 0.3 is 6.18 Å². The van der Waals surface area contributed by atoms with E-state index in [1.807, 2.05) is 13.1 Å². The number of rotatable bonds is 4. The first kappa shape index (κ1) is 15.8. The molecular weight excluding hydrogens is 301 g/mol. The molecule has 0 aliphatic carbocycles. The Morgan fingerprint density at radius 1 is 1.29 bits per heavy atom. The molecule has 0 spiro atoms. The maximum Gasteiger partial charge on any atom is 0.417 e. The predicted octanol–water partition coefficient (Wildman–Crippen LogP) is 3.01. The highest BCUT2D eigenvalue weighted by molar-refractivity contribution is 7.99. The number of halogens is 3. The van der Waals surface area contributed by atoms with Crippen LogP contribution in [0.5, 0.6) is 0 Å². The van der Waals surface area contributed by atoms with Crippen LogP contribution in [0.1, 0.15) is 23.3 Å². The van der Waals surface area contributed by atoms with E-state index in [2.05, 4.69) is 10.1 Å². The standard InChI is InChI=1S/C13H15F3N4S/c1-8(17)12(9-5-19-20(2)7-9)21-11-4-3-10(6-18-11)13(14,15)16/h3-8,12H,17H2,1-2H3. The molecule has 0 aliphatic heterocycles. The van der Waals surface area contributed by atoms with Crippen molar-refractivity contribution in [2.45, 2.75) is 29.4 Å². The molecule has 0 saturated heterocycles. The molecule has 0 amide bonds. The summed E-state index contributed by atoms with van der Waals surface area (Å²) < 4.78 is 39.2. The number of hydrogen-bond donors (Lipinski definition) is 1. The summed E-state index contributed by atoms with van der Waals surface area (Å²) >= 11 is 1.33.